The van der Waals surface area contributed by atoms with Crippen molar-refractivity contribution >= 4 is 17.4 Å². The molecule has 1 unspecified atom stereocenters. The van der Waals surface area contributed by atoms with E-state index in [2.05, 4.69) is 5.32 Å². The Balaban J connectivity index is 1.86. The number of hydrogen-bond acceptors (Lipinski definition) is 3. The summed E-state index contributed by atoms with van der Waals surface area (Å²) in [7, 11) is 0. The van der Waals surface area contributed by atoms with Gasteiger partial charge in [0.15, 0.2) is 5.78 Å². The first kappa shape index (κ1) is 13.5. The third-order valence-corrected chi connectivity index (χ3v) is 3.56. The lowest BCUT2D eigenvalue weighted by atomic mass is 9.87. The molecule has 1 N–H and O–H groups in total. The van der Waals surface area contributed by atoms with Crippen LogP contribution in [0, 0.1) is 11.7 Å². The van der Waals surface area contributed by atoms with Gasteiger partial charge in [-0.2, -0.15) is 0 Å². The number of carbonyl (C=O) groups excluding carboxylic acids is 2. The topological polar surface area (TPSA) is 59.3 Å². The summed E-state index contributed by atoms with van der Waals surface area (Å²) in [6.07, 6.45) is 2.40. The molecule has 0 spiro atoms. The summed E-state index contributed by atoms with van der Waals surface area (Å²) in [5, 5.41) is 2.64. The molecule has 1 aromatic heterocycles. The van der Waals surface area contributed by atoms with Crippen LogP contribution in [-0.2, 0) is 6.42 Å². The molecule has 3 rings (SSSR count). The Morgan fingerprint density at radius 3 is 2.71 bits per heavy atom. The van der Waals surface area contributed by atoms with Gasteiger partial charge in [-0.05, 0) is 30.2 Å². The number of rotatable bonds is 2. The number of hydrogen-bond donors (Lipinski definition) is 1. The summed E-state index contributed by atoms with van der Waals surface area (Å²) in [6, 6.07) is 5.44. The number of Topliss-reactive ketones (excluding diaryl/α,β-unsaturated/α-hetero) is 1. The Labute approximate surface area is 121 Å². The van der Waals surface area contributed by atoms with Crippen LogP contribution < -0.4 is 5.32 Å². The van der Waals surface area contributed by atoms with Crippen molar-refractivity contribution in [1.82, 2.24) is 0 Å². The maximum Gasteiger partial charge on any atom is 0.259 e. The highest BCUT2D eigenvalue weighted by atomic mass is 19.1. The Morgan fingerprint density at radius 2 is 2.00 bits per heavy atom. The first-order chi connectivity index (χ1) is 10.0. The molecule has 0 saturated heterocycles. The first-order valence-corrected chi connectivity index (χ1v) is 6.75. The summed E-state index contributed by atoms with van der Waals surface area (Å²) in [5.74, 6) is -0.0683. The Hall–Kier alpha value is -2.43. The van der Waals surface area contributed by atoms with Crippen LogP contribution in [0.5, 0.6) is 0 Å². The molecule has 4 nitrogen and oxygen atoms in total. The highest BCUT2D eigenvalue weighted by molar-refractivity contribution is 6.13. The smallest absolute Gasteiger partial charge is 0.259 e. The number of furan rings is 1. The van der Waals surface area contributed by atoms with Gasteiger partial charge in [0.1, 0.15) is 17.8 Å². The molecule has 0 saturated carbocycles. The van der Waals surface area contributed by atoms with Crippen molar-refractivity contribution in [2.45, 2.75) is 19.8 Å². The number of halogens is 1. The van der Waals surface area contributed by atoms with E-state index < -0.39 is 5.91 Å². The standard InChI is InChI=1S/C16H14FNO3/c1-9-6-13(19)15-12(8-21-14(15)7-9)16(20)18-11-4-2-10(17)3-5-11/h2-5,8-9H,6-7H2,1H3,(H,18,20). The van der Waals surface area contributed by atoms with Crippen LogP contribution in [0.25, 0.3) is 0 Å². The van der Waals surface area contributed by atoms with Gasteiger partial charge >= 0.3 is 0 Å². The average Bonchev–Trinajstić information content (AvgIpc) is 2.85. The molecule has 1 aromatic carbocycles. The van der Waals surface area contributed by atoms with Crippen LogP contribution in [0.1, 0.15) is 39.8 Å². The van der Waals surface area contributed by atoms with Gasteiger partial charge in [0.2, 0.25) is 0 Å². The second-order valence-electron chi connectivity index (χ2n) is 5.35. The summed E-state index contributed by atoms with van der Waals surface area (Å²) in [5.41, 5.74) is 1.09. The highest BCUT2D eigenvalue weighted by Gasteiger charge is 2.30. The van der Waals surface area contributed by atoms with E-state index >= 15 is 0 Å². The van der Waals surface area contributed by atoms with Crippen molar-refractivity contribution in [2.24, 2.45) is 5.92 Å². The molecular weight excluding hydrogens is 273 g/mol. The minimum absolute atomic E-state index is 0.0678. The number of benzene rings is 1. The lowest BCUT2D eigenvalue weighted by Gasteiger charge is -2.16. The fourth-order valence-corrected chi connectivity index (χ4v) is 2.56. The number of nitrogens with one attached hydrogen (secondary N) is 1. The van der Waals surface area contributed by atoms with Gasteiger partial charge in [-0.25, -0.2) is 4.39 Å². The molecule has 1 aliphatic carbocycles. The number of amides is 1. The van der Waals surface area contributed by atoms with Crippen molar-refractivity contribution in [3.05, 3.63) is 53.2 Å². The van der Waals surface area contributed by atoms with Crippen molar-refractivity contribution in [1.29, 1.82) is 0 Å². The third kappa shape index (κ3) is 2.59. The van der Waals surface area contributed by atoms with Crippen LogP contribution in [0.4, 0.5) is 10.1 Å². The van der Waals surface area contributed by atoms with E-state index in [0.717, 1.165) is 0 Å². The summed E-state index contributed by atoms with van der Waals surface area (Å²) < 4.78 is 18.2. The van der Waals surface area contributed by atoms with Gasteiger partial charge in [-0.3, -0.25) is 9.59 Å². The number of anilines is 1. The van der Waals surface area contributed by atoms with Gasteiger partial charge in [0.25, 0.3) is 5.91 Å². The minimum Gasteiger partial charge on any atom is -0.468 e. The van der Waals surface area contributed by atoms with Gasteiger partial charge in [0.05, 0.1) is 11.1 Å². The Morgan fingerprint density at radius 1 is 1.29 bits per heavy atom. The van der Waals surface area contributed by atoms with E-state index in [9.17, 15) is 14.0 Å². The zero-order chi connectivity index (χ0) is 15.0. The molecule has 2 aromatic rings. The second kappa shape index (κ2) is 5.16. The number of fused-ring (bicyclic) bond motifs is 1. The van der Waals surface area contributed by atoms with Crippen LogP contribution in [0.15, 0.2) is 34.9 Å². The largest absolute Gasteiger partial charge is 0.468 e. The average molecular weight is 287 g/mol. The molecule has 108 valence electrons. The van der Waals surface area contributed by atoms with Crippen LogP contribution >= 0.6 is 0 Å². The number of ketones is 1. The molecule has 0 aliphatic heterocycles. The molecule has 1 aliphatic rings. The molecular formula is C16H14FNO3. The van der Waals surface area contributed by atoms with Crippen molar-refractivity contribution in [3.63, 3.8) is 0 Å². The maximum absolute atomic E-state index is 12.8. The second-order valence-corrected chi connectivity index (χ2v) is 5.35. The Bertz CT molecular complexity index is 703. The molecule has 1 heterocycles. The molecule has 0 fully saturated rings. The van der Waals surface area contributed by atoms with Crippen LogP contribution in [-0.4, -0.2) is 11.7 Å². The monoisotopic (exact) mass is 287 g/mol. The molecule has 1 atom stereocenters. The zero-order valence-electron chi connectivity index (χ0n) is 11.5. The fourth-order valence-electron chi connectivity index (χ4n) is 2.56. The molecule has 5 heteroatoms. The highest BCUT2D eigenvalue weighted by Crippen LogP contribution is 2.29. The van der Waals surface area contributed by atoms with E-state index in [1.54, 1.807) is 0 Å². The van der Waals surface area contributed by atoms with E-state index in [1.807, 2.05) is 6.92 Å². The molecule has 21 heavy (non-hydrogen) atoms. The summed E-state index contributed by atoms with van der Waals surface area (Å²) in [4.78, 5) is 24.3. The first-order valence-electron chi connectivity index (χ1n) is 6.75. The lowest BCUT2D eigenvalue weighted by molar-refractivity contribution is 0.0937. The quantitative estimate of drug-likeness (QED) is 0.920. The van der Waals surface area contributed by atoms with Crippen LogP contribution in [0.2, 0.25) is 0 Å². The summed E-state index contributed by atoms with van der Waals surface area (Å²) >= 11 is 0. The van der Waals surface area contributed by atoms with Gasteiger partial charge in [0, 0.05) is 18.5 Å². The molecule has 0 radical (unpaired) electrons. The predicted molar refractivity (Wildman–Crippen MR) is 74.9 cm³/mol. The van der Waals surface area contributed by atoms with E-state index in [4.69, 9.17) is 4.42 Å². The predicted octanol–water partition coefficient (Wildman–Crippen LogP) is 3.44. The normalized spacial score (nSPS) is 17.4. The zero-order valence-corrected chi connectivity index (χ0v) is 11.5. The van der Waals surface area contributed by atoms with E-state index in [1.165, 1.54) is 30.5 Å². The van der Waals surface area contributed by atoms with E-state index in [0.29, 0.717) is 29.9 Å². The van der Waals surface area contributed by atoms with Gasteiger partial charge < -0.3 is 9.73 Å². The van der Waals surface area contributed by atoms with Crippen LogP contribution in [0.3, 0.4) is 0 Å². The minimum atomic E-state index is -0.422. The van der Waals surface area contributed by atoms with Crippen molar-refractivity contribution < 1.29 is 18.4 Å². The molecule has 0 bridgehead atoms. The van der Waals surface area contributed by atoms with Gasteiger partial charge in [-0.1, -0.05) is 6.92 Å². The van der Waals surface area contributed by atoms with Crippen molar-refractivity contribution in [2.75, 3.05) is 5.32 Å². The maximum atomic E-state index is 12.8. The van der Waals surface area contributed by atoms with Crippen molar-refractivity contribution in [3.8, 4) is 0 Å². The molecule has 1 amide bonds. The lowest BCUT2D eigenvalue weighted by Crippen LogP contribution is -2.21. The van der Waals surface area contributed by atoms with Gasteiger partial charge in [-0.15, -0.1) is 0 Å². The van der Waals surface area contributed by atoms with E-state index in [-0.39, 0.29) is 23.1 Å². The number of carbonyl (C=O) groups is 2. The SMILES string of the molecule is CC1CC(=O)c2c(C(=O)Nc3ccc(F)cc3)coc2C1. The third-order valence-electron chi connectivity index (χ3n) is 3.56. The summed E-state index contributed by atoms with van der Waals surface area (Å²) in [6.45, 7) is 1.97. The fraction of sp³-hybridized carbons (Fsp3) is 0.250. The Kier molecular flexibility index (Phi) is 3.33.